The van der Waals surface area contributed by atoms with E-state index in [4.69, 9.17) is 9.84 Å². The van der Waals surface area contributed by atoms with E-state index in [0.717, 1.165) is 5.56 Å². The summed E-state index contributed by atoms with van der Waals surface area (Å²) >= 11 is 0. The highest BCUT2D eigenvalue weighted by molar-refractivity contribution is 5.48. The van der Waals surface area contributed by atoms with Gasteiger partial charge >= 0.3 is 5.69 Å². The Balaban J connectivity index is 2.02. The molecule has 0 saturated heterocycles. The molecule has 1 saturated carbocycles. The Hall–Kier alpha value is -1.66. The molecule has 1 aliphatic carbocycles. The summed E-state index contributed by atoms with van der Waals surface area (Å²) in [6, 6.07) is 5.57. The van der Waals surface area contributed by atoms with Gasteiger partial charge in [-0.3, -0.25) is 10.1 Å². The minimum absolute atomic E-state index is 0.0111. The monoisotopic (exact) mass is 266 g/mol. The largest absolute Gasteiger partial charge is 0.487 e. The number of hydrogen-bond donors (Lipinski definition) is 2. The summed E-state index contributed by atoms with van der Waals surface area (Å²) in [6.45, 7) is 0.927. The zero-order valence-corrected chi connectivity index (χ0v) is 10.7. The van der Waals surface area contributed by atoms with Gasteiger partial charge in [-0.05, 0) is 24.5 Å². The summed E-state index contributed by atoms with van der Waals surface area (Å²) in [5, 5.41) is 23.0. The Kier molecular flexibility index (Phi) is 4.70. The summed E-state index contributed by atoms with van der Waals surface area (Å²) in [5.41, 5.74) is 0.862. The molecule has 104 valence electrons. The van der Waals surface area contributed by atoms with Gasteiger partial charge in [-0.1, -0.05) is 6.07 Å². The Morgan fingerprint density at radius 2 is 2.26 bits per heavy atom. The molecule has 0 unspecified atom stereocenters. The number of nitro benzene ring substituents is 1. The van der Waals surface area contributed by atoms with Crippen molar-refractivity contribution in [2.24, 2.45) is 0 Å². The summed E-state index contributed by atoms with van der Waals surface area (Å²) < 4.78 is 5.31. The molecule has 1 aromatic rings. The van der Waals surface area contributed by atoms with E-state index in [1.54, 1.807) is 12.1 Å². The molecule has 0 heterocycles. The minimum Gasteiger partial charge on any atom is -0.487 e. The number of ether oxygens (including phenoxy) is 1. The second-order valence-electron chi connectivity index (χ2n) is 4.64. The molecule has 1 fully saturated rings. The molecule has 1 aliphatic rings. The van der Waals surface area contributed by atoms with E-state index in [0.29, 0.717) is 19.0 Å². The Morgan fingerprint density at radius 3 is 2.89 bits per heavy atom. The van der Waals surface area contributed by atoms with Crippen LogP contribution in [0.1, 0.15) is 24.8 Å². The molecule has 0 amide bonds. The van der Waals surface area contributed by atoms with E-state index >= 15 is 0 Å². The fourth-order valence-electron chi connectivity index (χ4n) is 1.73. The number of hydrogen-bond acceptors (Lipinski definition) is 5. The zero-order valence-electron chi connectivity index (χ0n) is 10.7. The first-order valence-electron chi connectivity index (χ1n) is 6.45. The molecule has 6 heteroatoms. The fraction of sp³-hybridized carbons (Fsp3) is 0.538. The van der Waals surface area contributed by atoms with E-state index in [2.05, 4.69) is 5.32 Å². The van der Waals surface area contributed by atoms with Gasteiger partial charge in [0.05, 0.1) is 11.5 Å². The van der Waals surface area contributed by atoms with Crippen molar-refractivity contribution in [1.29, 1.82) is 0 Å². The van der Waals surface area contributed by atoms with Gasteiger partial charge in [-0.15, -0.1) is 0 Å². The topological polar surface area (TPSA) is 84.6 Å². The van der Waals surface area contributed by atoms with Crippen LogP contribution in [0.25, 0.3) is 0 Å². The number of aliphatic hydroxyl groups excluding tert-OH is 1. The van der Waals surface area contributed by atoms with Gasteiger partial charge in [0.25, 0.3) is 0 Å². The molecule has 0 aromatic heterocycles. The molecule has 0 radical (unpaired) electrons. The van der Waals surface area contributed by atoms with Crippen LogP contribution in [0.15, 0.2) is 18.2 Å². The predicted octanol–water partition coefficient (Wildman–Crippen LogP) is 1.61. The molecule has 0 bridgehead atoms. The van der Waals surface area contributed by atoms with Gasteiger partial charge in [0.2, 0.25) is 0 Å². The lowest BCUT2D eigenvalue weighted by Gasteiger charge is -2.08. The number of aliphatic hydroxyl groups is 1. The Labute approximate surface area is 111 Å². The standard InChI is InChI=1S/C13H18N2O4/c16-6-1-7-19-13-5-2-10(8-12(13)15(17)18)9-14-11-3-4-11/h2,5,8,11,14,16H,1,3-4,6-7,9H2. The van der Waals surface area contributed by atoms with Gasteiger partial charge in [0.15, 0.2) is 5.75 Å². The number of rotatable bonds is 8. The van der Waals surface area contributed by atoms with Crippen LogP contribution < -0.4 is 10.1 Å². The molecule has 6 nitrogen and oxygen atoms in total. The molecule has 2 N–H and O–H groups in total. The average Bonchev–Trinajstić information content (AvgIpc) is 3.21. The highest BCUT2D eigenvalue weighted by atomic mass is 16.6. The summed E-state index contributed by atoms with van der Waals surface area (Å²) in [7, 11) is 0. The second kappa shape index (κ2) is 6.49. The average molecular weight is 266 g/mol. The van der Waals surface area contributed by atoms with E-state index < -0.39 is 4.92 Å². The van der Waals surface area contributed by atoms with E-state index in [-0.39, 0.29) is 24.7 Å². The van der Waals surface area contributed by atoms with Crippen LogP contribution in [0.5, 0.6) is 5.75 Å². The lowest BCUT2D eigenvalue weighted by molar-refractivity contribution is -0.385. The van der Waals surface area contributed by atoms with Gasteiger partial charge in [0, 0.05) is 31.7 Å². The number of benzene rings is 1. The maximum Gasteiger partial charge on any atom is 0.311 e. The molecule has 1 aromatic carbocycles. The maximum atomic E-state index is 11.0. The van der Waals surface area contributed by atoms with Crippen LogP contribution in [0.3, 0.4) is 0 Å². The van der Waals surface area contributed by atoms with E-state index in [1.165, 1.54) is 12.8 Å². The molecule has 0 atom stereocenters. The van der Waals surface area contributed by atoms with Crippen molar-refractivity contribution in [2.45, 2.75) is 31.8 Å². The molecule has 0 spiro atoms. The Bertz CT molecular complexity index is 446. The lowest BCUT2D eigenvalue weighted by atomic mass is 10.2. The van der Waals surface area contributed by atoms with Crippen LogP contribution in [-0.4, -0.2) is 29.3 Å². The van der Waals surface area contributed by atoms with Crippen LogP contribution in [0.4, 0.5) is 5.69 Å². The molecule has 2 rings (SSSR count). The highest BCUT2D eigenvalue weighted by Crippen LogP contribution is 2.28. The zero-order chi connectivity index (χ0) is 13.7. The van der Waals surface area contributed by atoms with Gasteiger partial charge in [-0.2, -0.15) is 0 Å². The number of nitro groups is 1. The normalized spacial score (nSPS) is 14.4. The van der Waals surface area contributed by atoms with Crippen molar-refractivity contribution in [2.75, 3.05) is 13.2 Å². The van der Waals surface area contributed by atoms with Crippen molar-refractivity contribution in [3.05, 3.63) is 33.9 Å². The van der Waals surface area contributed by atoms with Gasteiger partial charge < -0.3 is 15.2 Å². The van der Waals surface area contributed by atoms with Crippen molar-refractivity contribution in [1.82, 2.24) is 5.32 Å². The van der Waals surface area contributed by atoms with Crippen LogP contribution in [-0.2, 0) is 6.54 Å². The quantitative estimate of drug-likeness (QED) is 0.424. The Morgan fingerprint density at radius 1 is 1.47 bits per heavy atom. The fourth-order valence-corrected chi connectivity index (χ4v) is 1.73. The number of nitrogens with zero attached hydrogens (tertiary/aromatic N) is 1. The van der Waals surface area contributed by atoms with Crippen LogP contribution >= 0.6 is 0 Å². The smallest absolute Gasteiger partial charge is 0.311 e. The highest BCUT2D eigenvalue weighted by Gasteiger charge is 2.21. The number of nitrogens with one attached hydrogen (secondary N) is 1. The van der Waals surface area contributed by atoms with Crippen molar-refractivity contribution < 1.29 is 14.8 Å². The van der Waals surface area contributed by atoms with E-state index in [9.17, 15) is 10.1 Å². The summed E-state index contributed by atoms with van der Waals surface area (Å²) in [5.74, 6) is 0.258. The van der Waals surface area contributed by atoms with Crippen molar-refractivity contribution >= 4 is 5.69 Å². The van der Waals surface area contributed by atoms with Crippen molar-refractivity contribution in [3.8, 4) is 5.75 Å². The molecule has 0 aliphatic heterocycles. The lowest BCUT2D eigenvalue weighted by Crippen LogP contribution is -2.15. The first-order valence-corrected chi connectivity index (χ1v) is 6.45. The van der Waals surface area contributed by atoms with Crippen LogP contribution in [0.2, 0.25) is 0 Å². The third-order valence-corrected chi connectivity index (χ3v) is 2.95. The first-order chi connectivity index (χ1) is 9.20. The maximum absolute atomic E-state index is 11.0. The molecular formula is C13H18N2O4. The predicted molar refractivity (Wildman–Crippen MR) is 70.2 cm³/mol. The second-order valence-corrected chi connectivity index (χ2v) is 4.64. The third kappa shape index (κ3) is 4.18. The van der Waals surface area contributed by atoms with Crippen LogP contribution in [0, 0.1) is 10.1 Å². The first kappa shape index (κ1) is 13.8. The molecule has 19 heavy (non-hydrogen) atoms. The van der Waals surface area contributed by atoms with E-state index in [1.807, 2.05) is 6.07 Å². The van der Waals surface area contributed by atoms with Gasteiger partial charge in [-0.25, -0.2) is 0 Å². The minimum atomic E-state index is -0.436. The van der Waals surface area contributed by atoms with Gasteiger partial charge in [0.1, 0.15) is 0 Å². The molecular weight excluding hydrogens is 248 g/mol. The van der Waals surface area contributed by atoms with Crippen molar-refractivity contribution in [3.63, 3.8) is 0 Å². The summed E-state index contributed by atoms with van der Waals surface area (Å²) in [6.07, 6.45) is 2.83. The summed E-state index contributed by atoms with van der Waals surface area (Å²) in [4.78, 5) is 10.6. The third-order valence-electron chi connectivity index (χ3n) is 2.95. The SMILES string of the molecule is O=[N+]([O-])c1cc(CNC2CC2)ccc1OCCCO.